The molecular formula is C13H32O6. The summed E-state index contributed by atoms with van der Waals surface area (Å²) in [7, 11) is 6.23. The first-order chi connectivity index (χ1) is 8.96. The van der Waals surface area contributed by atoms with Gasteiger partial charge in [-0.1, -0.05) is 20.8 Å². The normalized spacial score (nSPS) is 12.9. The molecule has 0 aromatic carbocycles. The summed E-state index contributed by atoms with van der Waals surface area (Å²) in [5, 5.41) is 16.9. The van der Waals surface area contributed by atoms with Crippen molar-refractivity contribution in [3.05, 3.63) is 0 Å². The smallest absolute Gasteiger partial charge is 0.156 e. The third kappa shape index (κ3) is 23.3. The van der Waals surface area contributed by atoms with Crippen molar-refractivity contribution in [1.29, 1.82) is 0 Å². The van der Waals surface area contributed by atoms with Crippen LogP contribution in [0.2, 0.25) is 0 Å². The summed E-state index contributed by atoms with van der Waals surface area (Å²) in [6.07, 6.45) is 1.09. The molecule has 6 nitrogen and oxygen atoms in total. The molecule has 0 aromatic heterocycles. The van der Waals surface area contributed by atoms with E-state index in [2.05, 4.69) is 9.47 Å². The van der Waals surface area contributed by atoms with Crippen molar-refractivity contribution in [3.63, 3.8) is 0 Å². The molecule has 0 heterocycles. The number of ether oxygens (including phenoxy) is 4. The molecule has 2 atom stereocenters. The molecule has 0 aliphatic heterocycles. The van der Waals surface area contributed by atoms with Crippen LogP contribution in [0.25, 0.3) is 0 Å². The summed E-state index contributed by atoms with van der Waals surface area (Å²) in [4.78, 5) is 0. The van der Waals surface area contributed by atoms with Gasteiger partial charge < -0.3 is 29.2 Å². The molecule has 0 aromatic rings. The van der Waals surface area contributed by atoms with Gasteiger partial charge >= 0.3 is 0 Å². The highest BCUT2D eigenvalue weighted by molar-refractivity contribution is 4.31. The highest BCUT2D eigenvalue weighted by atomic mass is 16.7. The van der Waals surface area contributed by atoms with E-state index >= 15 is 0 Å². The van der Waals surface area contributed by atoms with E-state index in [9.17, 15) is 0 Å². The van der Waals surface area contributed by atoms with Crippen molar-refractivity contribution in [2.75, 3.05) is 28.4 Å². The lowest BCUT2D eigenvalue weighted by atomic mass is 10.5. The number of rotatable bonds is 7. The molecule has 19 heavy (non-hydrogen) atoms. The molecule has 0 amide bonds. The molecular weight excluding hydrogens is 252 g/mol. The van der Waals surface area contributed by atoms with Gasteiger partial charge in [0.1, 0.15) is 0 Å². The zero-order valence-corrected chi connectivity index (χ0v) is 13.4. The fraction of sp³-hybridized carbons (Fsp3) is 1.00. The minimum Gasteiger partial charge on any atom is -0.368 e. The van der Waals surface area contributed by atoms with Gasteiger partial charge in [-0.2, -0.15) is 0 Å². The van der Waals surface area contributed by atoms with Crippen molar-refractivity contribution in [2.24, 2.45) is 0 Å². The van der Waals surface area contributed by atoms with Crippen LogP contribution in [0.15, 0.2) is 0 Å². The maximum Gasteiger partial charge on any atom is 0.156 e. The molecule has 0 bridgehead atoms. The molecule has 0 fully saturated rings. The molecule has 120 valence electrons. The maximum absolute atomic E-state index is 8.44. The van der Waals surface area contributed by atoms with E-state index < -0.39 is 12.6 Å². The Balaban J connectivity index is -0.000000203. The topological polar surface area (TPSA) is 77.4 Å². The van der Waals surface area contributed by atoms with Gasteiger partial charge in [0.25, 0.3) is 0 Å². The van der Waals surface area contributed by atoms with Crippen LogP contribution >= 0.6 is 0 Å². The Hall–Kier alpha value is -0.240. The first-order valence-corrected chi connectivity index (χ1v) is 6.44. The summed E-state index contributed by atoms with van der Waals surface area (Å²) in [6, 6.07) is 0. The minimum atomic E-state index is -0.565. The van der Waals surface area contributed by atoms with Crippen LogP contribution in [-0.2, 0) is 18.9 Å². The lowest BCUT2D eigenvalue weighted by Gasteiger charge is -2.08. The Bertz CT molecular complexity index is 118. The minimum absolute atomic E-state index is 0.0139. The second kappa shape index (κ2) is 20.1. The number of hydrogen-bond donors (Lipinski definition) is 2. The van der Waals surface area contributed by atoms with Crippen LogP contribution in [0.5, 0.6) is 0 Å². The third-order valence-corrected chi connectivity index (χ3v) is 2.10. The van der Waals surface area contributed by atoms with E-state index in [1.807, 2.05) is 20.8 Å². The molecule has 0 aliphatic rings. The molecule has 0 spiro atoms. The Kier molecular flexibility index (Phi) is 25.2. The molecule has 6 heteroatoms. The van der Waals surface area contributed by atoms with Crippen molar-refractivity contribution in [1.82, 2.24) is 0 Å². The highest BCUT2D eigenvalue weighted by Crippen LogP contribution is 1.93. The number of methoxy groups -OCH3 is 4. The van der Waals surface area contributed by atoms with E-state index in [0.29, 0.717) is 12.8 Å². The fourth-order valence-electron chi connectivity index (χ4n) is 0.763. The summed E-state index contributed by atoms with van der Waals surface area (Å²) in [6.45, 7) is 5.72. The highest BCUT2D eigenvalue weighted by Gasteiger charge is 1.96. The van der Waals surface area contributed by atoms with Crippen molar-refractivity contribution in [3.8, 4) is 0 Å². The zero-order chi connectivity index (χ0) is 15.7. The van der Waals surface area contributed by atoms with Crippen LogP contribution in [0.3, 0.4) is 0 Å². The van der Waals surface area contributed by atoms with Gasteiger partial charge in [-0.3, -0.25) is 0 Å². The molecule has 0 radical (unpaired) electrons. The molecule has 0 saturated heterocycles. The van der Waals surface area contributed by atoms with Crippen LogP contribution in [0.1, 0.15) is 40.0 Å². The van der Waals surface area contributed by atoms with Crippen LogP contribution in [0.4, 0.5) is 0 Å². The largest absolute Gasteiger partial charge is 0.368 e. The fourth-order valence-corrected chi connectivity index (χ4v) is 0.763. The average Bonchev–Trinajstić information content (AvgIpc) is 2.48. The molecule has 2 unspecified atom stereocenters. The molecule has 0 aliphatic carbocycles. The van der Waals surface area contributed by atoms with E-state index in [0.717, 1.165) is 6.42 Å². The van der Waals surface area contributed by atoms with Gasteiger partial charge in [0, 0.05) is 28.4 Å². The zero-order valence-electron chi connectivity index (χ0n) is 13.4. The Morgan fingerprint density at radius 2 is 0.947 bits per heavy atom. The number of hydrogen-bond acceptors (Lipinski definition) is 6. The second-order valence-corrected chi connectivity index (χ2v) is 3.51. The quantitative estimate of drug-likeness (QED) is 0.693. The van der Waals surface area contributed by atoms with E-state index in [-0.39, 0.29) is 6.29 Å². The number of aliphatic hydroxyl groups is 2. The third-order valence-electron chi connectivity index (χ3n) is 2.10. The van der Waals surface area contributed by atoms with Gasteiger partial charge in [0.05, 0.1) is 0 Å². The summed E-state index contributed by atoms with van der Waals surface area (Å²) < 4.78 is 18.6. The maximum atomic E-state index is 8.44. The van der Waals surface area contributed by atoms with E-state index in [1.54, 1.807) is 14.2 Å². The average molecular weight is 284 g/mol. The predicted molar refractivity (Wildman–Crippen MR) is 74.7 cm³/mol. The van der Waals surface area contributed by atoms with Crippen LogP contribution in [-0.4, -0.2) is 57.5 Å². The molecule has 0 saturated carbocycles. The lowest BCUT2D eigenvalue weighted by molar-refractivity contribution is -0.103. The van der Waals surface area contributed by atoms with Crippen molar-refractivity contribution in [2.45, 2.75) is 58.9 Å². The van der Waals surface area contributed by atoms with Gasteiger partial charge in [0.2, 0.25) is 0 Å². The standard InChI is InChI=1S/C5H12O2.2C4H10O2/c1-4-5(6-2)7-3;2*1-3-4(5)6-2/h5H,4H2,1-3H3;2*4-5H,3H2,1-2H3. The summed E-state index contributed by atoms with van der Waals surface area (Å²) in [5.41, 5.74) is 0. The van der Waals surface area contributed by atoms with E-state index in [4.69, 9.17) is 19.7 Å². The second-order valence-electron chi connectivity index (χ2n) is 3.51. The SMILES string of the molecule is CCC(O)OC.CCC(O)OC.CCC(OC)OC. The van der Waals surface area contributed by atoms with Gasteiger partial charge in [0.15, 0.2) is 18.9 Å². The first-order valence-electron chi connectivity index (χ1n) is 6.44. The first kappa shape index (κ1) is 23.8. The van der Waals surface area contributed by atoms with Gasteiger partial charge in [-0.05, 0) is 19.3 Å². The number of aliphatic hydroxyl groups excluding tert-OH is 2. The van der Waals surface area contributed by atoms with Crippen LogP contribution < -0.4 is 0 Å². The Morgan fingerprint density at radius 3 is 0.947 bits per heavy atom. The van der Waals surface area contributed by atoms with Gasteiger partial charge in [-0.15, -0.1) is 0 Å². The van der Waals surface area contributed by atoms with Crippen molar-refractivity contribution < 1.29 is 29.2 Å². The monoisotopic (exact) mass is 284 g/mol. The van der Waals surface area contributed by atoms with Crippen LogP contribution in [0, 0.1) is 0 Å². The molecule has 0 rings (SSSR count). The van der Waals surface area contributed by atoms with E-state index in [1.165, 1.54) is 14.2 Å². The predicted octanol–water partition coefficient (Wildman–Crippen LogP) is 1.74. The Morgan fingerprint density at radius 1 is 0.632 bits per heavy atom. The van der Waals surface area contributed by atoms with Crippen molar-refractivity contribution >= 4 is 0 Å². The van der Waals surface area contributed by atoms with Gasteiger partial charge in [-0.25, -0.2) is 0 Å². The summed E-state index contributed by atoms with van der Waals surface area (Å²) >= 11 is 0. The summed E-state index contributed by atoms with van der Waals surface area (Å²) in [5.74, 6) is 0. The molecule has 2 N–H and O–H groups in total. The lowest BCUT2D eigenvalue weighted by Crippen LogP contribution is -2.10. The Labute approximate surface area is 117 Å².